The van der Waals surface area contributed by atoms with Crippen LogP contribution < -0.4 is 11.1 Å². The van der Waals surface area contributed by atoms with Gasteiger partial charge < -0.3 is 11.1 Å². The van der Waals surface area contributed by atoms with Crippen molar-refractivity contribution in [2.75, 3.05) is 12.3 Å². The number of nitrogens with two attached hydrogens (primary N) is 1. The van der Waals surface area contributed by atoms with Gasteiger partial charge in [-0.3, -0.25) is 4.79 Å². The lowest BCUT2D eigenvalue weighted by molar-refractivity contribution is 0.0953. The van der Waals surface area contributed by atoms with Gasteiger partial charge in [0, 0.05) is 22.3 Å². The van der Waals surface area contributed by atoms with Crippen molar-refractivity contribution in [2.45, 2.75) is 33.1 Å². The highest BCUT2D eigenvalue weighted by atomic mass is 79.9. The Bertz CT molecular complexity index is 405. The molecule has 0 atom stereocenters. The van der Waals surface area contributed by atoms with Crippen molar-refractivity contribution in [3.05, 3.63) is 28.2 Å². The van der Waals surface area contributed by atoms with E-state index in [9.17, 15) is 4.79 Å². The Balaban J connectivity index is 2.34. The maximum Gasteiger partial charge on any atom is 0.251 e. The van der Waals surface area contributed by atoms with Crippen molar-refractivity contribution in [2.24, 2.45) is 5.92 Å². The Labute approximate surface area is 117 Å². The van der Waals surface area contributed by atoms with E-state index in [1.165, 1.54) is 6.42 Å². The zero-order valence-corrected chi connectivity index (χ0v) is 12.6. The Morgan fingerprint density at radius 2 is 2.11 bits per heavy atom. The molecular weight excluding hydrogens is 292 g/mol. The first-order valence-corrected chi connectivity index (χ1v) is 7.13. The van der Waals surface area contributed by atoms with Gasteiger partial charge in [0.25, 0.3) is 5.91 Å². The topological polar surface area (TPSA) is 55.1 Å². The fourth-order valence-electron chi connectivity index (χ4n) is 1.67. The van der Waals surface area contributed by atoms with Crippen LogP contribution in [0.2, 0.25) is 0 Å². The van der Waals surface area contributed by atoms with Gasteiger partial charge in [-0.15, -0.1) is 0 Å². The van der Waals surface area contributed by atoms with Crippen molar-refractivity contribution >= 4 is 27.5 Å². The minimum atomic E-state index is -0.0567. The van der Waals surface area contributed by atoms with Gasteiger partial charge in [-0.2, -0.15) is 0 Å². The van der Waals surface area contributed by atoms with Crippen LogP contribution in [0.4, 0.5) is 5.69 Å². The number of benzene rings is 1. The van der Waals surface area contributed by atoms with E-state index in [2.05, 4.69) is 35.1 Å². The molecule has 18 heavy (non-hydrogen) atoms. The Morgan fingerprint density at radius 3 is 2.72 bits per heavy atom. The predicted molar refractivity (Wildman–Crippen MR) is 79.6 cm³/mol. The molecule has 1 amide bonds. The molecule has 100 valence electrons. The van der Waals surface area contributed by atoms with Gasteiger partial charge in [0.1, 0.15) is 0 Å². The van der Waals surface area contributed by atoms with Crippen LogP contribution in [0.15, 0.2) is 22.7 Å². The van der Waals surface area contributed by atoms with Crippen LogP contribution >= 0.6 is 15.9 Å². The van der Waals surface area contributed by atoms with Gasteiger partial charge in [-0.1, -0.05) is 26.7 Å². The number of amides is 1. The molecule has 1 rings (SSSR count). The van der Waals surface area contributed by atoms with Crippen molar-refractivity contribution in [1.29, 1.82) is 0 Å². The first-order valence-electron chi connectivity index (χ1n) is 6.34. The van der Waals surface area contributed by atoms with E-state index in [4.69, 9.17) is 5.73 Å². The number of carbonyl (C=O) groups is 1. The number of nitrogens with one attached hydrogen (secondary N) is 1. The highest BCUT2D eigenvalue weighted by molar-refractivity contribution is 9.10. The second kappa shape index (κ2) is 7.41. The fraction of sp³-hybridized carbons (Fsp3) is 0.500. The van der Waals surface area contributed by atoms with Crippen molar-refractivity contribution in [3.8, 4) is 0 Å². The third-order valence-corrected chi connectivity index (χ3v) is 3.47. The highest BCUT2D eigenvalue weighted by Gasteiger charge is 2.06. The van der Waals surface area contributed by atoms with E-state index < -0.39 is 0 Å². The molecule has 0 aliphatic carbocycles. The first kappa shape index (κ1) is 15.0. The zero-order chi connectivity index (χ0) is 13.5. The van der Waals surface area contributed by atoms with Gasteiger partial charge in [-0.25, -0.2) is 0 Å². The number of hydrogen-bond donors (Lipinski definition) is 2. The van der Waals surface area contributed by atoms with E-state index in [1.54, 1.807) is 18.2 Å². The van der Waals surface area contributed by atoms with E-state index in [0.29, 0.717) is 11.3 Å². The van der Waals surface area contributed by atoms with E-state index in [1.807, 2.05) is 0 Å². The average Bonchev–Trinajstić information content (AvgIpc) is 2.31. The predicted octanol–water partition coefficient (Wildman–Crippen LogP) is 3.59. The zero-order valence-electron chi connectivity index (χ0n) is 11.0. The third kappa shape index (κ3) is 5.08. The van der Waals surface area contributed by atoms with Crippen LogP contribution in [-0.2, 0) is 0 Å². The molecule has 4 heteroatoms. The summed E-state index contributed by atoms with van der Waals surface area (Å²) in [6.45, 7) is 5.15. The van der Waals surface area contributed by atoms with Gasteiger partial charge in [0.2, 0.25) is 0 Å². The lowest BCUT2D eigenvalue weighted by Gasteiger charge is -2.07. The number of carbonyl (C=O) groups excluding carboxylic acids is 1. The highest BCUT2D eigenvalue weighted by Crippen LogP contribution is 2.20. The lowest BCUT2D eigenvalue weighted by Crippen LogP contribution is -2.24. The molecule has 3 N–H and O–H groups in total. The molecular formula is C14H21BrN2O. The van der Waals surface area contributed by atoms with E-state index in [-0.39, 0.29) is 5.91 Å². The Kier molecular flexibility index (Phi) is 6.19. The molecule has 0 saturated carbocycles. The number of halogens is 1. The second-order valence-electron chi connectivity index (χ2n) is 4.88. The van der Waals surface area contributed by atoms with Gasteiger partial charge >= 0.3 is 0 Å². The van der Waals surface area contributed by atoms with Crippen molar-refractivity contribution in [3.63, 3.8) is 0 Å². The number of unbranched alkanes of at least 4 members (excludes halogenated alkanes) is 1. The van der Waals surface area contributed by atoms with Crippen LogP contribution in [0.1, 0.15) is 43.5 Å². The van der Waals surface area contributed by atoms with Crippen LogP contribution in [0.25, 0.3) is 0 Å². The maximum atomic E-state index is 11.8. The molecule has 0 bridgehead atoms. The standard InChI is InChI=1S/C14H21BrN2O/c1-10(2)5-3-4-8-17-14(18)11-6-7-12(15)13(16)9-11/h6-7,9-10H,3-5,8,16H2,1-2H3,(H,17,18). The van der Waals surface area contributed by atoms with Gasteiger partial charge in [0.05, 0.1) is 0 Å². The summed E-state index contributed by atoms with van der Waals surface area (Å²) in [5.74, 6) is 0.672. The Hall–Kier alpha value is -1.03. The molecule has 0 heterocycles. The van der Waals surface area contributed by atoms with E-state index >= 15 is 0 Å². The van der Waals surface area contributed by atoms with Crippen LogP contribution in [0.3, 0.4) is 0 Å². The number of anilines is 1. The summed E-state index contributed by atoms with van der Waals surface area (Å²) in [5, 5.41) is 2.91. The molecule has 1 aromatic rings. The SMILES string of the molecule is CC(C)CCCCNC(=O)c1ccc(Br)c(N)c1. The smallest absolute Gasteiger partial charge is 0.251 e. The third-order valence-electron chi connectivity index (χ3n) is 2.75. The summed E-state index contributed by atoms with van der Waals surface area (Å²) in [7, 11) is 0. The molecule has 0 radical (unpaired) electrons. The summed E-state index contributed by atoms with van der Waals surface area (Å²) in [6, 6.07) is 5.25. The summed E-state index contributed by atoms with van der Waals surface area (Å²) < 4.78 is 0.816. The normalized spacial score (nSPS) is 10.7. The van der Waals surface area contributed by atoms with Gasteiger partial charge in [0.15, 0.2) is 0 Å². The second-order valence-corrected chi connectivity index (χ2v) is 5.74. The van der Waals surface area contributed by atoms with Crippen LogP contribution in [0.5, 0.6) is 0 Å². The quantitative estimate of drug-likeness (QED) is 0.623. The van der Waals surface area contributed by atoms with E-state index in [0.717, 1.165) is 29.8 Å². The molecule has 0 saturated heterocycles. The van der Waals surface area contributed by atoms with Crippen molar-refractivity contribution < 1.29 is 4.79 Å². The number of nitrogen functional groups attached to an aromatic ring is 1. The number of hydrogen-bond acceptors (Lipinski definition) is 2. The fourth-order valence-corrected chi connectivity index (χ4v) is 1.91. The van der Waals surface area contributed by atoms with Gasteiger partial charge in [-0.05, 0) is 46.5 Å². The summed E-state index contributed by atoms with van der Waals surface area (Å²) >= 11 is 3.31. The molecule has 0 aromatic heterocycles. The van der Waals surface area contributed by atoms with Crippen LogP contribution in [-0.4, -0.2) is 12.5 Å². The molecule has 0 aliphatic heterocycles. The monoisotopic (exact) mass is 312 g/mol. The lowest BCUT2D eigenvalue weighted by atomic mass is 10.1. The molecule has 0 aliphatic rings. The summed E-state index contributed by atoms with van der Waals surface area (Å²) in [4.78, 5) is 11.8. The number of rotatable bonds is 6. The molecule has 0 spiro atoms. The Morgan fingerprint density at radius 1 is 1.39 bits per heavy atom. The minimum absolute atomic E-state index is 0.0567. The average molecular weight is 313 g/mol. The molecule has 3 nitrogen and oxygen atoms in total. The summed E-state index contributed by atoms with van der Waals surface area (Å²) in [5.41, 5.74) is 6.94. The van der Waals surface area contributed by atoms with Crippen LogP contribution in [0, 0.1) is 5.92 Å². The van der Waals surface area contributed by atoms with Crippen molar-refractivity contribution in [1.82, 2.24) is 5.32 Å². The first-order chi connectivity index (χ1) is 8.50. The molecule has 1 aromatic carbocycles. The maximum absolute atomic E-state index is 11.8. The molecule has 0 unspecified atom stereocenters. The minimum Gasteiger partial charge on any atom is -0.398 e. The molecule has 0 fully saturated rings. The largest absolute Gasteiger partial charge is 0.398 e. The summed E-state index contributed by atoms with van der Waals surface area (Å²) in [6.07, 6.45) is 3.39.